The zero-order valence-corrected chi connectivity index (χ0v) is 12.9. The number of fused-ring (bicyclic) bond motifs is 1. The van der Waals surface area contributed by atoms with E-state index in [9.17, 15) is 0 Å². The van der Waals surface area contributed by atoms with Crippen LogP contribution in [0.15, 0.2) is 30.5 Å². The van der Waals surface area contributed by atoms with Crippen LogP contribution in [0.1, 0.15) is 33.6 Å². The SMILES string of the molecule is CCCC(C)NCCn1ccc2cc(OCC)ccc21. The molecular weight excluding hydrogens is 248 g/mol. The summed E-state index contributed by atoms with van der Waals surface area (Å²) >= 11 is 0. The maximum atomic E-state index is 5.54. The average molecular weight is 274 g/mol. The second-order valence-corrected chi connectivity index (χ2v) is 5.31. The number of hydrogen-bond donors (Lipinski definition) is 1. The Morgan fingerprint density at radius 1 is 1.25 bits per heavy atom. The van der Waals surface area contributed by atoms with Crippen LogP contribution in [0, 0.1) is 0 Å². The predicted molar refractivity (Wildman–Crippen MR) is 85.5 cm³/mol. The highest BCUT2D eigenvalue weighted by molar-refractivity contribution is 5.81. The molecule has 1 aromatic carbocycles. The van der Waals surface area contributed by atoms with Crippen molar-refractivity contribution in [3.05, 3.63) is 30.5 Å². The molecule has 0 bridgehead atoms. The molecule has 0 saturated heterocycles. The highest BCUT2D eigenvalue weighted by atomic mass is 16.5. The van der Waals surface area contributed by atoms with Crippen LogP contribution in [0.4, 0.5) is 0 Å². The summed E-state index contributed by atoms with van der Waals surface area (Å²) < 4.78 is 7.84. The molecule has 0 amide bonds. The third kappa shape index (κ3) is 3.76. The van der Waals surface area contributed by atoms with Gasteiger partial charge in [-0.3, -0.25) is 0 Å². The number of aromatic nitrogens is 1. The molecule has 1 N–H and O–H groups in total. The van der Waals surface area contributed by atoms with Gasteiger partial charge in [-0.2, -0.15) is 0 Å². The fourth-order valence-corrected chi connectivity index (χ4v) is 2.60. The summed E-state index contributed by atoms with van der Waals surface area (Å²) in [7, 11) is 0. The summed E-state index contributed by atoms with van der Waals surface area (Å²) in [4.78, 5) is 0. The van der Waals surface area contributed by atoms with Gasteiger partial charge in [0.25, 0.3) is 0 Å². The van der Waals surface area contributed by atoms with Crippen molar-refractivity contribution in [2.24, 2.45) is 0 Å². The van der Waals surface area contributed by atoms with Crippen molar-refractivity contribution in [3.63, 3.8) is 0 Å². The number of rotatable bonds is 8. The van der Waals surface area contributed by atoms with Gasteiger partial charge >= 0.3 is 0 Å². The Bertz CT molecular complexity index is 533. The molecular formula is C17H26N2O. The molecule has 0 aliphatic rings. The number of benzene rings is 1. The fraction of sp³-hybridized carbons (Fsp3) is 0.529. The summed E-state index contributed by atoms with van der Waals surface area (Å²) in [5, 5.41) is 4.82. The number of hydrogen-bond acceptors (Lipinski definition) is 2. The lowest BCUT2D eigenvalue weighted by atomic mass is 10.2. The maximum Gasteiger partial charge on any atom is 0.120 e. The molecule has 2 aromatic rings. The highest BCUT2D eigenvalue weighted by Crippen LogP contribution is 2.21. The van der Waals surface area contributed by atoms with Gasteiger partial charge in [0.15, 0.2) is 0 Å². The van der Waals surface area contributed by atoms with E-state index in [1.165, 1.54) is 23.7 Å². The van der Waals surface area contributed by atoms with Crippen molar-refractivity contribution in [1.82, 2.24) is 9.88 Å². The Balaban J connectivity index is 1.97. The molecule has 1 aromatic heterocycles. The molecule has 0 fully saturated rings. The lowest BCUT2D eigenvalue weighted by molar-refractivity contribution is 0.340. The van der Waals surface area contributed by atoms with Crippen molar-refractivity contribution >= 4 is 10.9 Å². The molecule has 2 rings (SSSR count). The van der Waals surface area contributed by atoms with E-state index in [4.69, 9.17) is 4.74 Å². The first kappa shape index (κ1) is 14.9. The van der Waals surface area contributed by atoms with Gasteiger partial charge in [-0.15, -0.1) is 0 Å². The first-order valence-electron chi connectivity index (χ1n) is 7.69. The van der Waals surface area contributed by atoms with Gasteiger partial charge in [0.1, 0.15) is 5.75 Å². The molecule has 0 saturated carbocycles. The lowest BCUT2D eigenvalue weighted by Gasteiger charge is -2.13. The van der Waals surface area contributed by atoms with E-state index in [2.05, 4.69) is 54.2 Å². The average Bonchev–Trinajstić information content (AvgIpc) is 2.82. The van der Waals surface area contributed by atoms with E-state index in [0.29, 0.717) is 12.6 Å². The lowest BCUT2D eigenvalue weighted by Crippen LogP contribution is -2.29. The van der Waals surface area contributed by atoms with Crippen LogP contribution in [-0.2, 0) is 6.54 Å². The predicted octanol–water partition coefficient (Wildman–Crippen LogP) is 3.82. The molecule has 1 atom stereocenters. The van der Waals surface area contributed by atoms with Gasteiger partial charge in [-0.25, -0.2) is 0 Å². The zero-order valence-electron chi connectivity index (χ0n) is 12.9. The molecule has 0 radical (unpaired) electrons. The van der Waals surface area contributed by atoms with E-state index in [1.54, 1.807) is 0 Å². The molecule has 3 heteroatoms. The van der Waals surface area contributed by atoms with Gasteiger partial charge in [0.2, 0.25) is 0 Å². The third-order valence-corrected chi connectivity index (χ3v) is 3.62. The Hall–Kier alpha value is -1.48. The van der Waals surface area contributed by atoms with Gasteiger partial charge < -0.3 is 14.6 Å². The molecule has 110 valence electrons. The van der Waals surface area contributed by atoms with Crippen LogP contribution < -0.4 is 10.1 Å². The number of nitrogens with zero attached hydrogens (tertiary/aromatic N) is 1. The Kier molecular flexibility index (Phi) is 5.48. The van der Waals surface area contributed by atoms with E-state index in [1.807, 2.05) is 6.92 Å². The second kappa shape index (κ2) is 7.34. The maximum absolute atomic E-state index is 5.54. The largest absolute Gasteiger partial charge is 0.494 e. The summed E-state index contributed by atoms with van der Waals surface area (Å²) in [6, 6.07) is 9.08. The molecule has 3 nitrogen and oxygen atoms in total. The second-order valence-electron chi connectivity index (χ2n) is 5.31. The van der Waals surface area contributed by atoms with Crippen LogP contribution in [-0.4, -0.2) is 23.8 Å². The van der Waals surface area contributed by atoms with Gasteiger partial charge in [0, 0.05) is 36.2 Å². The first-order valence-corrected chi connectivity index (χ1v) is 7.69. The van der Waals surface area contributed by atoms with E-state index >= 15 is 0 Å². The molecule has 0 spiro atoms. The molecule has 1 unspecified atom stereocenters. The van der Waals surface area contributed by atoms with Crippen LogP contribution in [0.2, 0.25) is 0 Å². The standard InChI is InChI=1S/C17H26N2O/c1-4-6-14(3)18-10-12-19-11-9-15-13-16(20-5-2)7-8-17(15)19/h7-9,11,13-14,18H,4-6,10,12H2,1-3H3. The summed E-state index contributed by atoms with van der Waals surface area (Å²) in [5.74, 6) is 0.951. The summed E-state index contributed by atoms with van der Waals surface area (Å²) in [6.07, 6.45) is 4.64. The van der Waals surface area contributed by atoms with E-state index in [0.717, 1.165) is 18.8 Å². The minimum atomic E-state index is 0.603. The monoisotopic (exact) mass is 274 g/mol. The van der Waals surface area contributed by atoms with Crippen LogP contribution >= 0.6 is 0 Å². The normalized spacial score (nSPS) is 12.8. The molecule has 20 heavy (non-hydrogen) atoms. The Morgan fingerprint density at radius 2 is 2.10 bits per heavy atom. The van der Waals surface area contributed by atoms with Crippen molar-refractivity contribution < 1.29 is 4.74 Å². The number of ether oxygens (including phenoxy) is 1. The van der Waals surface area contributed by atoms with Crippen molar-refractivity contribution in [3.8, 4) is 5.75 Å². The highest BCUT2D eigenvalue weighted by Gasteiger charge is 2.04. The van der Waals surface area contributed by atoms with Gasteiger partial charge in [-0.1, -0.05) is 13.3 Å². The van der Waals surface area contributed by atoms with Crippen LogP contribution in [0.3, 0.4) is 0 Å². The van der Waals surface area contributed by atoms with Crippen molar-refractivity contribution in [2.75, 3.05) is 13.2 Å². The minimum Gasteiger partial charge on any atom is -0.494 e. The van der Waals surface area contributed by atoms with Crippen molar-refractivity contribution in [1.29, 1.82) is 0 Å². The Labute approximate surface area is 121 Å². The Morgan fingerprint density at radius 3 is 2.85 bits per heavy atom. The van der Waals surface area contributed by atoms with Crippen LogP contribution in [0.25, 0.3) is 10.9 Å². The van der Waals surface area contributed by atoms with E-state index < -0.39 is 0 Å². The summed E-state index contributed by atoms with van der Waals surface area (Å²) in [6.45, 7) is 9.23. The molecule has 0 aliphatic heterocycles. The minimum absolute atomic E-state index is 0.603. The first-order chi connectivity index (χ1) is 9.74. The third-order valence-electron chi connectivity index (χ3n) is 3.62. The quantitative estimate of drug-likeness (QED) is 0.792. The zero-order chi connectivity index (χ0) is 14.4. The molecule has 0 aliphatic carbocycles. The summed E-state index contributed by atoms with van der Waals surface area (Å²) in [5.41, 5.74) is 1.28. The van der Waals surface area contributed by atoms with Gasteiger partial charge in [-0.05, 0) is 44.5 Å². The van der Waals surface area contributed by atoms with E-state index in [-0.39, 0.29) is 0 Å². The fourth-order valence-electron chi connectivity index (χ4n) is 2.60. The number of nitrogens with one attached hydrogen (secondary N) is 1. The van der Waals surface area contributed by atoms with Crippen molar-refractivity contribution in [2.45, 2.75) is 46.2 Å². The van der Waals surface area contributed by atoms with Gasteiger partial charge in [0.05, 0.1) is 6.61 Å². The van der Waals surface area contributed by atoms with Crippen LogP contribution in [0.5, 0.6) is 5.75 Å². The molecule has 1 heterocycles. The smallest absolute Gasteiger partial charge is 0.120 e. The topological polar surface area (TPSA) is 26.2 Å².